The van der Waals surface area contributed by atoms with Gasteiger partial charge in [0, 0.05) is 11.4 Å². The summed E-state index contributed by atoms with van der Waals surface area (Å²) >= 11 is 2.34. The number of nitrogens with zero attached hydrogens (tertiary/aromatic N) is 1. The van der Waals surface area contributed by atoms with E-state index in [0.717, 1.165) is 27.1 Å². The molecular weight excluding hydrogens is 344 g/mol. The molecule has 24 heavy (non-hydrogen) atoms. The van der Waals surface area contributed by atoms with Crippen LogP contribution in [-0.4, -0.2) is 28.5 Å². The number of carbonyl (C=O) groups is 3. The number of carbonyl (C=O) groups excluding carboxylic acids is 3. The van der Waals surface area contributed by atoms with Gasteiger partial charge in [-0.2, -0.15) is 0 Å². The highest BCUT2D eigenvalue weighted by molar-refractivity contribution is 8.18. The molecule has 0 unspecified atom stereocenters. The van der Waals surface area contributed by atoms with Crippen LogP contribution in [0.15, 0.2) is 52.7 Å². The van der Waals surface area contributed by atoms with Crippen LogP contribution in [0.4, 0.5) is 4.79 Å². The van der Waals surface area contributed by atoms with E-state index >= 15 is 0 Å². The van der Waals surface area contributed by atoms with Crippen LogP contribution >= 0.6 is 23.1 Å². The van der Waals surface area contributed by atoms with Crippen molar-refractivity contribution in [3.05, 3.63) is 63.2 Å². The van der Waals surface area contributed by atoms with Crippen LogP contribution in [0.1, 0.15) is 10.4 Å². The summed E-state index contributed by atoms with van der Waals surface area (Å²) in [7, 11) is 0. The van der Waals surface area contributed by atoms with Crippen molar-refractivity contribution in [1.82, 2.24) is 10.2 Å². The SMILES string of the molecule is O=C(CN1C(=O)S/C(=C\c2cccs2)C1=O)NCc1ccccc1. The third-order valence-corrected chi connectivity index (χ3v) is 5.05. The Morgan fingerprint density at radius 1 is 1.12 bits per heavy atom. The van der Waals surface area contributed by atoms with Crippen LogP contribution in [-0.2, 0) is 16.1 Å². The molecule has 2 heterocycles. The molecular formula is C17H14N2O3S2. The summed E-state index contributed by atoms with van der Waals surface area (Å²) in [5.74, 6) is -0.785. The highest BCUT2D eigenvalue weighted by atomic mass is 32.2. The number of thiophene rings is 1. The molecule has 5 nitrogen and oxygen atoms in total. The Balaban J connectivity index is 1.59. The predicted molar refractivity (Wildman–Crippen MR) is 95.3 cm³/mol. The quantitative estimate of drug-likeness (QED) is 0.834. The van der Waals surface area contributed by atoms with Crippen molar-refractivity contribution in [1.29, 1.82) is 0 Å². The van der Waals surface area contributed by atoms with Gasteiger partial charge in [-0.1, -0.05) is 36.4 Å². The third-order valence-electron chi connectivity index (χ3n) is 3.32. The molecule has 1 aliphatic heterocycles. The fraction of sp³-hybridized carbons (Fsp3) is 0.118. The fourth-order valence-corrected chi connectivity index (χ4v) is 3.70. The van der Waals surface area contributed by atoms with Crippen molar-refractivity contribution in [2.24, 2.45) is 0 Å². The minimum atomic E-state index is -0.423. The number of hydrogen-bond donors (Lipinski definition) is 1. The lowest BCUT2D eigenvalue weighted by Crippen LogP contribution is -2.39. The van der Waals surface area contributed by atoms with Crippen LogP contribution in [0.25, 0.3) is 6.08 Å². The second-order valence-electron chi connectivity index (χ2n) is 5.05. The van der Waals surface area contributed by atoms with Crippen molar-refractivity contribution in [3.8, 4) is 0 Å². The summed E-state index contributed by atoms with van der Waals surface area (Å²) < 4.78 is 0. The first-order chi connectivity index (χ1) is 11.6. The Hall–Kier alpha value is -2.38. The number of thioether (sulfide) groups is 1. The lowest BCUT2D eigenvalue weighted by atomic mass is 10.2. The molecule has 0 atom stereocenters. The van der Waals surface area contributed by atoms with E-state index in [-0.39, 0.29) is 12.5 Å². The highest BCUT2D eigenvalue weighted by Crippen LogP contribution is 2.32. The largest absolute Gasteiger partial charge is 0.350 e. The normalized spacial score (nSPS) is 16.0. The van der Waals surface area contributed by atoms with Crippen LogP contribution in [0, 0.1) is 0 Å². The van der Waals surface area contributed by atoms with Crippen LogP contribution in [0.2, 0.25) is 0 Å². The van der Waals surface area contributed by atoms with Gasteiger partial charge in [0.05, 0.1) is 4.91 Å². The van der Waals surface area contributed by atoms with E-state index < -0.39 is 11.1 Å². The van der Waals surface area contributed by atoms with Gasteiger partial charge < -0.3 is 5.32 Å². The minimum absolute atomic E-state index is 0.265. The molecule has 122 valence electrons. The molecule has 0 spiro atoms. The van der Waals surface area contributed by atoms with Crippen molar-refractivity contribution < 1.29 is 14.4 Å². The average Bonchev–Trinajstić information content (AvgIpc) is 3.18. The number of amides is 3. The third kappa shape index (κ3) is 3.93. The first kappa shape index (κ1) is 16.5. The molecule has 1 aromatic carbocycles. The summed E-state index contributed by atoms with van der Waals surface area (Å²) in [4.78, 5) is 38.5. The Morgan fingerprint density at radius 2 is 1.92 bits per heavy atom. The maximum atomic E-state index is 12.3. The number of rotatable bonds is 5. The zero-order valence-electron chi connectivity index (χ0n) is 12.6. The molecule has 3 rings (SSSR count). The highest BCUT2D eigenvalue weighted by Gasteiger charge is 2.36. The van der Waals surface area contributed by atoms with E-state index in [4.69, 9.17) is 0 Å². The Morgan fingerprint density at radius 3 is 2.62 bits per heavy atom. The van der Waals surface area contributed by atoms with Crippen molar-refractivity contribution >= 4 is 46.2 Å². The summed E-state index contributed by atoms with van der Waals surface area (Å²) in [5, 5.41) is 4.19. The zero-order valence-corrected chi connectivity index (χ0v) is 14.2. The Kier molecular flexibility index (Phi) is 5.12. The van der Waals surface area contributed by atoms with E-state index in [1.165, 1.54) is 11.3 Å². The van der Waals surface area contributed by atoms with Gasteiger partial charge in [-0.05, 0) is 34.8 Å². The molecule has 1 fully saturated rings. The molecule has 1 aliphatic rings. The summed E-state index contributed by atoms with van der Waals surface area (Å²) in [6.45, 7) is 0.0974. The van der Waals surface area contributed by atoms with Gasteiger partial charge in [0.15, 0.2) is 0 Å². The molecule has 0 saturated carbocycles. The molecule has 0 radical (unpaired) electrons. The maximum absolute atomic E-state index is 12.3. The number of benzene rings is 1. The van der Waals surface area contributed by atoms with Crippen molar-refractivity contribution in [3.63, 3.8) is 0 Å². The lowest BCUT2D eigenvalue weighted by Gasteiger charge is -2.12. The van der Waals surface area contributed by atoms with Gasteiger partial charge in [-0.3, -0.25) is 19.3 Å². The predicted octanol–water partition coefficient (Wildman–Crippen LogP) is 3.10. The van der Waals surface area contributed by atoms with Gasteiger partial charge in [0.1, 0.15) is 6.54 Å². The number of nitrogens with one attached hydrogen (secondary N) is 1. The molecule has 0 aliphatic carbocycles. The monoisotopic (exact) mass is 358 g/mol. The standard InChI is InChI=1S/C17H14N2O3S2/c20-15(18-10-12-5-2-1-3-6-12)11-19-16(21)14(24-17(19)22)9-13-7-4-8-23-13/h1-9H,10-11H2,(H,18,20)/b14-9-. The topological polar surface area (TPSA) is 66.5 Å². The Labute approximate surface area is 147 Å². The van der Waals surface area contributed by atoms with E-state index in [2.05, 4.69) is 5.32 Å². The van der Waals surface area contributed by atoms with Gasteiger partial charge in [0.25, 0.3) is 11.1 Å². The summed E-state index contributed by atoms with van der Waals surface area (Å²) in [6, 6.07) is 13.2. The maximum Gasteiger partial charge on any atom is 0.294 e. The van der Waals surface area contributed by atoms with Crippen LogP contribution in [0.5, 0.6) is 0 Å². The number of hydrogen-bond acceptors (Lipinski definition) is 5. The summed E-state index contributed by atoms with van der Waals surface area (Å²) in [6.07, 6.45) is 1.68. The first-order valence-electron chi connectivity index (χ1n) is 7.23. The van der Waals surface area contributed by atoms with Crippen LogP contribution < -0.4 is 5.32 Å². The molecule has 3 amide bonds. The van der Waals surface area contributed by atoms with E-state index in [9.17, 15) is 14.4 Å². The zero-order chi connectivity index (χ0) is 16.9. The fourth-order valence-electron chi connectivity index (χ4n) is 2.13. The molecule has 0 bridgehead atoms. The minimum Gasteiger partial charge on any atom is -0.350 e. The Bertz CT molecular complexity index is 785. The second-order valence-corrected chi connectivity index (χ2v) is 7.02. The van der Waals surface area contributed by atoms with E-state index in [1.54, 1.807) is 6.08 Å². The van der Waals surface area contributed by atoms with Gasteiger partial charge >= 0.3 is 0 Å². The smallest absolute Gasteiger partial charge is 0.294 e. The molecule has 1 saturated heterocycles. The summed E-state index contributed by atoms with van der Waals surface area (Å²) in [5.41, 5.74) is 0.956. The number of imide groups is 1. The van der Waals surface area contributed by atoms with Gasteiger partial charge in [-0.15, -0.1) is 11.3 Å². The van der Waals surface area contributed by atoms with Gasteiger partial charge in [-0.25, -0.2) is 0 Å². The lowest BCUT2D eigenvalue weighted by molar-refractivity contribution is -0.129. The van der Waals surface area contributed by atoms with E-state index in [1.807, 2.05) is 47.8 Å². The van der Waals surface area contributed by atoms with Gasteiger partial charge in [0.2, 0.25) is 5.91 Å². The van der Waals surface area contributed by atoms with Crippen molar-refractivity contribution in [2.45, 2.75) is 6.54 Å². The van der Waals surface area contributed by atoms with Crippen LogP contribution in [0.3, 0.4) is 0 Å². The van der Waals surface area contributed by atoms with Crippen molar-refractivity contribution in [2.75, 3.05) is 6.54 Å². The van der Waals surface area contributed by atoms with E-state index in [0.29, 0.717) is 11.4 Å². The average molecular weight is 358 g/mol. The molecule has 1 aromatic heterocycles. The second kappa shape index (κ2) is 7.46. The first-order valence-corrected chi connectivity index (χ1v) is 8.92. The molecule has 2 aromatic rings. The molecule has 1 N–H and O–H groups in total. The molecule has 7 heteroatoms.